The van der Waals surface area contributed by atoms with Crippen LogP contribution < -0.4 is 5.32 Å². The lowest BCUT2D eigenvalue weighted by molar-refractivity contribution is -0.284. The minimum atomic E-state index is -5.55. The summed E-state index contributed by atoms with van der Waals surface area (Å²) in [5.74, 6) is -4.85. The number of urea groups is 1. The Bertz CT molecular complexity index is 611. The molecule has 1 N–H and O–H groups in total. The number of halogens is 5. The Labute approximate surface area is 176 Å². The largest absolute Gasteiger partial charge is 0.453 e. The third kappa shape index (κ3) is 8.11. The second-order valence-electron chi connectivity index (χ2n) is 8.10. The number of carbonyl (C=O) groups is 2. The average molecular weight is 463 g/mol. The number of hydrogen-bond donors (Lipinski definition) is 1. The molecule has 0 aromatic carbocycles. The van der Waals surface area contributed by atoms with E-state index >= 15 is 0 Å². The SMILES string of the molecule is CC1(C)C(=O)NC(=O)N1CCCCCCCCCS(=O)CCCC(F)(F)C(F)(F)F. The summed E-state index contributed by atoms with van der Waals surface area (Å²) >= 11 is 0. The molecule has 11 heteroatoms. The van der Waals surface area contributed by atoms with Crippen molar-refractivity contribution in [1.82, 2.24) is 10.2 Å². The highest BCUT2D eigenvalue weighted by molar-refractivity contribution is 7.84. The van der Waals surface area contributed by atoms with Crippen molar-refractivity contribution in [2.45, 2.75) is 89.3 Å². The van der Waals surface area contributed by atoms with Gasteiger partial charge in [-0.15, -0.1) is 0 Å². The van der Waals surface area contributed by atoms with E-state index in [0.717, 1.165) is 38.5 Å². The number of hydrogen-bond acceptors (Lipinski definition) is 3. The molecule has 0 aromatic heterocycles. The number of imide groups is 1. The summed E-state index contributed by atoms with van der Waals surface area (Å²) in [6.45, 7) is 3.93. The zero-order chi connectivity index (χ0) is 23.0. The van der Waals surface area contributed by atoms with Gasteiger partial charge in [-0.2, -0.15) is 22.0 Å². The number of unbranched alkanes of at least 4 members (excludes halogenated alkanes) is 6. The van der Waals surface area contributed by atoms with Crippen molar-refractivity contribution in [3.05, 3.63) is 0 Å². The second kappa shape index (κ2) is 11.4. The fourth-order valence-corrected chi connectivity index (χ4v) is 4.39. The van der Waals surface area contributed by atoms with Gasteiger partial charge in [0.15, 0.2) is 0 Å². The van der Waals surface area contributed by atoms with E-state index in [1.165, 1.54) is 4.90 Å². The molecular formula is C19H31F5N2O3S. The topological polar surface area (TPSA) is 66.5 Å². The molecule has 1 aliphatic rings. The molecule has 1 heterocycles. The van der Waals surface area contributed by atoms with E-state index < -0.39 is 41.3 Å². The first kappa shape index (κ1) is 26.8. The molecule has 1 rings (SSSR count). The molecule has 0 spiro atoms. The van der Waals surface area contributed by atoms with Crippen molar-refractivity contribution in [1.29, 1.82) is 0 Å². The van der Waals surface area contributed by atoms with Crippen molar-refractivity contribution in [2.75, 3.05) is 18.1 Å². The predicted octanol–water partition coefficient (Wildman–Crippen LogP) is 4.77. The molecule has 3 amide bonds. The predicted molar refractivity (Wildman–Crippen MR) is 105 cm³/mol. The van der Waals surface area contributed by atoms with Crippen LogP contribution in [0.4, 0.5) is 26.7 Å². The van der Waals surface area contributed by atoms with Gasteiger partial charge in [0.1, 0.15) is 5.54 Å². The molecular weight excluding hydrogens is 431 g/mol. The summed E-state index contributed by atoms with van der Waals surface area (Å²) in [5, 5.41) is 2.30. The molecule has 1 aliphatic heterocycles. The van der Waals surface area contributed by atoms with E-state index in [9.17, 15) is 35.8 Å². The molecule has 0 bridgehead atoms. The van der Waals surface area contributed by atoms with Gasteiger partial charge in [-0.1, -0.05) is 32.1 Å². The number of carbonyl (C=O) groups excluding carboxylic acids is 2. The molecule has 176 valence electrons. The maximum Gasteiger partial charge on any atom is 0.453 e. The Kier molecular flexibility index (Phi) is 10.2. The minimum Gasteiger partial charge on any atom is -0.310 e. The zero-order valence-electron chi connectivity index (χ0n) is 17.5. The van der Waals surface area contributed by atoms with Crippen LogP contribution in [-0.2, 0) is 15.6 Å². The maximum atomic E-state index is 12.8. The molecule has 1 fully saturated rings. The van der Waals surface area contributed by atoms with Crippen LogP contribution in [-0.4, -0.2) is 56.7 Å². The summed E-state index contributed by atoms with van der Waals surface area (Å²) in [7, 11) is -1.38. The van der Waals surface area contributed by atoms with Crippen molar-refractivity contribution < 1.29 is 35.8 Å². The molecule has 1 saturated heterocycles. The van der Waals surface area contributed by atoms with Crippen LogP contribution in [0.2, 0.25) is 0 Å². The number of alkyl halides is 5. The first-order chi connectivity index (χ1) is 13.8. The molecule has 0 aliphatic carbocycles. The lowest BCUT2D eigenvalue weighted by atomic mass is 10.0. The smallest absolute Gasteiger partial charge is 0.310 e. The van der Waals surface area contributed by atoms with Crippen molar-refractivity contribution in [3.8, 4) is 0 Å². The van der Waals surface area contributed by atoms with Crippen LogP contribution in [0.1, 0.15) is 71.6 Å². The first-order valence-electron chi connectivity index (χ1n) is 10.2. The normalized spacial score (nSPS) is 18.0. The van der Waals surface area contributed by atoms with Gasteiger partial charge in [-0.3, -0.25) is 14.3 Å². The van der Waals surface area contributed by atoms with Crippen LogP contribution in [0.15, 0.2) is 0 Å². The third-order valence-corrected chi connectivity index (χ3v) is 6.72. The van der Waals surface area contributed by atoms with E-state index in [1.54, 1.807) is 13.8 Å². The standard InChI is InChI=1S/C19H31F5N2O3S/c1-17(2)15(27)25-16(28)26(17)12-8-6-4-3-5-7-9-13-30(29)14-10-11-18(20,21)19(22,23)24/h3-14H2,1-2H3,(H,25,27,28). The molecule has 1 atom stereocenters. The number of nitrogens with zero attached hydrogens (tertiary/aromatic N) is 1. The van der Waals surface area contributed by atoms with Gasteiger partial charge in [-0.05, 0) is 33.1 Å². The summed E-state index contributed by atoms with van der Waals surface area (Å²) in [6, 6.07) is -0.361. The van der Waals surface area contributed by atoms with Gasteiger partial charge in [0.2, 0.25) is 0 Å². The van der Waals surface area contributed by atoms with Crippen LogP contribution >= 0.6 is 0 Å². The Morgan fingerprint density at radius 3 is 1.87 bits per heavy atom. The van der Waals surface area contributed by atoms with Crippen LogP contribution in [0.5, 0.6) is 0 Å². The second-order valence-corrected chi connectivity index (χ2v) is 9.79. The van der Waals surface area contributed by atoms with Gasteiger partial charge >= 0.3 is 18.1 Å². The van der Waals surface area contributed by atoms with E-state index in [-0.39, 0.29) is 17.7 Å². The van der Waals surface area contributed by atoms with Crippen LogP contribution in [0.25, 0.3) is 0 Å². The lowest BCUT2D eigenvalue weighted by Gasteiger charge is -2.27. The molecule has 0 radical (unpaired) electrons. The number of rotatable bonds is 14. The molecule has 0 saturated carbocycles. The summed E-state index contributed by atoms with van der Waals surface area (Å²) in [5.41, 5.74) is -0.824. The fraction of sp³-hybridized carbons (Fsp3) is 0.895. The van der Waals surface area contributed by atoms with Gasteiger partial charge in [0.25, 0.3) is 5.91 Å². The van der Waals surface area contributed by atoms with E-state index in [0.29, 0.717) is 18.7 Å². The average Bonchev–Trinajstić information content (AvgIpc) is 2.80. The zero-order valence-corrected chi connectivity index (χ0v) is 18.3. The Hall–Kier alpha value is -1.26. The fourth-order valence-electron chi connectivity index (χ4n) is 3.19. The van der Waals surface area contributed by atoms with E-state index in [1.807, 2.05) is 0 Å². The van der Waals surface area contributed by atoms with Crippen molar-refractivity contribution >= 4 is 22.7 Å². The van der Waals surface area contributed by atoms with Crippen LogP contribution in [0.3, 0.4) is 0 Å². The van der Waals surface area contributed by atoms with Crippen molar-refractivity contribution in [3.63, 3.8) is 0 Å². The number of nitrogens with one attached hydrogen (secondary N) is 1. The lowest BCUT2D eigenvalue weighted by Crippen LogP contribution is -2.44. The number of amides is 3. The molecule has 1 unspecified atom stereocenters. The highest BCUT2D eigenvalue weighted by Gasteiger charge is 2.56. The monoisotopic (exact) mass is 462 g/mol. The first-order valence-corrected chi connectivity index (χ1v) is 11.7. The molecule has 0 aromatic rings. The summed E-state index contributed by atoms with van der Waals surface area (Å²) < 4.78 is 73.4. The Morgan fingerprint density at radius 1 is 0.867 bits per heavy atom. The summed E-state index contributed by atoms with van der Waals surface area (Å²) in [6.07, 6.45) is -1.31. The minimum absolute atomic E-state index is 0.144. The van der Waals surface area contributed by atoms with E-state index in [4.69, 9.17) is 0 Å². The Morgan fingerprint density at radius 2 is 1.37 bits per heavy atom. The quantitative estimate of drug-likeness (QED) is 0.230. The highest BCUT2D eigenvalue weighted by Crippen LogP contribution is 2.38. The molecule has 30 heavy (non-hydrogen) atoms. The van der Waals surface area contributed by atoms with Gasteiger partial charge in [-0.25, -0.2) is 4.79 Å². The van der Waals surface area contributed by atoms with Crippen LogP contribution in [0, 0.1) is 0 Å². The van der Waals surface area contributed by atoms with Gasteiger partial charge < -0.3 is 4.90 Å². The maximum absolute atomic E-state index is 12.8. The third-order valence-electron chi connectivity index (χ3n) is 5.23. The Balaban J connectivity index is 2.01. The van der Waals surface area contributed by atoms with E-state index in [2.05, 4.69) is 5.32 Å². The van der Waals surface area contributed by atoms with Gasteiger partial charge in [0, 0.05) is 35.3 Å². The highest BCUT2D eigenvalue weighted by atomic mass is 32.2. The van der Waals surface area contributed by atoms with Crippen molar-refractivity contribution in [2.24, 2.45) is 0 Å². The molecule has 5 nitrogen and oxygen atoms in total. The van der Waals surface area contributed by atoms with Gasteiger partial charge in [0.05, 0.1) is 0 Å². The summed E-state index contributed by atoms with van der Waals surface area (Å²) in [4.78, 5) is 24.9.